The first-order chi connectivity index (χ1) is 14.2. The fourth-order valence-electron chi connectivity index (χ4n) is 2.40. The van der Waals surface area contributed by atoms with Crippen LogP contribution < -0.4 is 19.9 Å². The first-order valence-corrected chi connectivity index (χ1v) is 11.1. The Morgan fingerprint density at radius 2 is 1.90 bits per heavy atom. The molecular weight excluding hydrogens is 446 g/mol. The number of amides is 1. The Morgan fingerprint density at radius 1 is 1.23 bits per heavy atom. The second kappa shape index (κ2) is 8.73. The molecule has 0 atom stereocenters. The molecule has 0 aliphatic rings. The predicted octanol–water partition coefficient (Wildman–Crippen LogP) is 1.51. The number of methoxy groups -OCH3 is 1. The summed E-state index contributed by atoms with van der Waals surface area (Å²) in [6.45, 7) is 1.84. The molecule has 3 rings (SSSR count). The lowest BCUT2D eigenvalue weighted by Gasteiger charge is -2.06. The monoisotopic (exact) mass is 463 g/mol. The van der Waals surface area contributed by atoms with Crippen molar-refractivity contribution >= 4 is 44.8 Å². The Morgan fingerprint density at radius 3 is 2.53 bits per heavy atom. The van der Waals surface area contributed by atoms with Crippen molar-refractivity contribution in [3.63, 3.8) is 0 Å². The summed E-state index contributed by atoms with van der Waals surface area (Å²) in [5.74, 6) is -0.315. The zero-order valence-electron chi connectivity index (χ0n) is 15.9. The van der Waals surface area contributed by atoms with Gasteiger partial charge in [-0.2, -0.15) is 4.07 Å². The Hall–Kier alpha value is -3.09. The molecule has 0 fully saturated rings. The molecule has 0 unspecified atom stereocenters. The number of hydrogen-bond donors (Lipinski definition) is 2. The van der Waals surface area contributed by atoms with Gasteiger partial charge in [0, 0.05) is 0 Å². The Kier molecular flexibility index (Phi) is 6.29. The minimum atomic E-state index is -3.93. The van der Waals surface area contributed by atoms with Crippen LogP contribution in [0.15, 0.2) is 58.4 Å². The third-order valence-electron chi connectivity index (χ3n) is 3.85. The van der Waals surface area contributed by atoms with Crippen LogP contribution in [0.4, 0.5) is 0 Å². The van der Waals surface area contributed by atoms with Crippen LogP contribution in [-0.2, 0) is 10.0 Å². The maximum atomic E-state index is 12.5. The highest BCUT2D eigenvalue weighted by Crippen LogP contribution is 2.22. The third kappa shape index (κ3) is 4.72. The zero-order valence-corrected chi connectivity index (χ0v) is 18.3. The smallest absolute Gasteiger partial charge is 0.272 e. The van der Waals surface area contributed by atoms with E-state index in [0.717, 1.165) is 17.1 Å². The standard InChI is InChI=1S/C18H17N5O4S3/c1-11-7-9-12(10-8-11)30(25,26)22-18(28)20-17-15(16(19)24)21-23(29-17)13-5-3-4-6-14(13)27-2/h3-10H,1-2H3,(H2,19,24)(H,22,28)/b20-17-. The van der Waals surface area contributed by atoms with Crippen molar-refractivity contribution in [2.45, 2.75) is 11.8 Å². The number of aromatic nitrogens is 2. The van der Waals surface area contributed by atoms with Gasteiger partial charge >= 0.3 is 0 Å². The number of carbonyl (C=O) groups is 1. The van der Waals surface area contributed by atoms with Gasteiger partial charge < -0.3 is 10.5 Å². The first kappa shape index (κ1) is 21.6. The summed E-state index contributed by atoms with van der Waals surface area (Å²) in [7, 11) is -2.43. The number of aryl methyl sites for hydroxylation is 1. The summed E-state index contributed by atoms with van der Waals surface area (Å²) >= 11 is 6.02. The second-order valence-corrected chi connectivity index (χ2v) is 8.97. The number of hydrogen-bond acceptors (Lipinski definition) is 7. The average Bonchev–Trinajstić information content (AvgIpc) is 3.11. The molecule has 2 aromatic carbocycles. The van der Waals surface area contributed by atoms with Crippen molar-refractivity contribution < 1.29 is 17.9 Å². The van der Waals surface area contributed by atoms with E-state index in [4.69, 9.17) is 22.7 Å². The number of rotatable bonds is 5. The van der Waals surface area contributed by atoms with E-state index in [-0.39, 0.29) is 20.4 Å². The van der Waals surface area contributed by atoms with Gasteiger partial charge in [-0.15, -0.1) is 5.10 Å². The molecule has 30 heavy (non-hydrogen) atoms. The van der Waals surface area contributed by atoms with Crippen molar-refractivity contribution in [2.24, 2.45) is 10.7 Å². The number of nitrogens with zero attached hydrogens (tertiary/aromatic N) is 3. The number of benzene rings is 2. The van der Waals surface area contributed by atoms with Crippen LogP contribution >= 0.6 is 23.8 Å². The van der Waals surface area contributed by atoms with Gasteiger partial charge in [0.05, 0.1) is 12.0 Å². The molecule has 0 radical (unpaired) electrons. The van der Waals surface area contributed by atoms with E-state index >= 15 is 0 Å². The van der Waals surface area contributed by atoms with Crippen molar-refractivity contribution in [3.8, 4) is 11.4 Å². The number of nitrogens with two attached hydrogens (primary N) is 1. The molecule has 0 spiro atoms. The van der Waals surface area contributed by atoms with E-state index in [9.17, 15) is 13.2 Å². The van der Waals surface area contributed by atoms with Crippen LogP contribution in [0.25, 0.3) is 5.69 Å². The highest BCUT2D eigenvalue weighted by atomic mass is 32.2. The van der Waals surface area contributed by atoms with E-state index in [1.54, 1.807) is 36.4 Å². The van der Waals surface area contributed by atoms with Crippen LogP contribution in [0.1, 0.15) is 16.1 Å². The predicted molar refractivity (Wildman–Crippen MR) is 116 cm³/mol. The van der Waals surface area contributed by atoms with Crippen molar-refractivity contribution in [2.75, 3.05) is 7.11 Å². The largest absolute Gasteiger partial charge is 0.494 e. The Balaban J connectivity index is 1.98. The SMILES string of the molecule is COc1ccccc1-n1nc(C(N)=O)/c(=N/C(=S)NS(=O)(=O)c2ccc(C)cc2)s1. The summed E-state index contributed by atoms with van der Waals surface area (Å²) in [6.07, 6.45) is 0. The van der Waals surface area contributed by atoms with E-state index in [2.05, 4.69) is 14.8 Å². The van der Waals surface area contributed by atoms with Crippen LogP contribution in [0.3, 0.4) is 0 Å². The number of ether oxygens (including phenoxy) is 1. The number of primary amides is 1. The molecule has 0 aliphatic carbocycles. The highest BCUT2D eigenvalue weighted by molar-refractivity contribution is 7.91. The molecule has 0 saturated heterocycles. The second-order valence-electron chi connectivity index (χ2n) is 5.99. The molecular formula is C18H17N5O4S3. The summed E-state index contributed by atoms with van der Waals surface area (Å²) < 4.78 is 33.9. The molecule has 1 amide bonds. The maximum Gasteiger partial charge on any atom is 0.272 e. The van der Waals surface area contributed by atoms with Gasteiger partial charge in [0.1, 0.15) is 11.4 Å². The molecule has 3 N–H and O–H groups in total. The normalized spacial score (nSPS) is 11.9. The van der Waals surface area contributed by atoms with Crippen LogP contribution in [0, 0.1) is 6.92 Å². The lowest BCUT2D eigenvalue weighted by atomic mass is 10.2. The molecule has 3 aromatic rings. The molecule has 9 nitrogen and oxygen atoms in total. The maximum absolute atomic E-state index is 12.5. The van der Waals surface area contributed by atoms with E-state index < -0.39 is 15.9 Å². The topological polar surface area (TPSA) is 129 Å². The third-order valence-corrected chi connectivity index (χ3v) is 6.43. The van der Waals surface area contributed by atoms with Gasteiger partial charge in [-0.25, -0.2) is 13.4 Å². The molecule has 12 heteroatoms. The number of thiocarbonyl (C=S) groups is 1. The Labute approximate surface area is 182 Å². The van der Waals surface area contributed by atoms with Crippen molar-refractivity contribution in [1.82, 2.24) is 13.9 Å². The van der Waals surface area contributed by atoms with E-state index in [0.29, 0.717) is 11.4 Å². The van der Waals surface area contributed by atoms with Crippen molar-refractivity contribution in [3.05, 3.63) is 64.5 Å². The molecule has 0 aliphatic heterocycles. The minimum Gasteiger partial charge on any atom is -0.494 e. The first-order valence-electron chi connectivity index (χ1n) is 8.43. The molecule has 1 aromatic heterocycles. The number of para-hydroxylation sites is 2. The lowest BCUT2D eigenvalue weighted by Crippen LogP contribution is -2.30. The quantitative estimate of drug-likeness (QED) is 0.552. The fourth-order valence-corrected chi connectivity index (χ4v) is 4.67. The van der Waals surface area contributed by atoms with E-state index in [1.807, 2.05) is 6.92 Å². The minimum absolute atomic E-state index is 0.0363. The summed E-state index contributed by atoms with van der Waals surface area (Å²) in [4.78, 5) is 15.9. The van der Waals surface area contributed by atoms with Gasteiger partial charge in [-0.1, -0.05) is 29.8 Å². The van der Waals surface area contributed by atoms with Gasteiger partial charge in [0.2, 0.25) is 5.11 Å². The van der Waals surface area contributed by atoms with E-state index in [1.165, 1.54) is 23.3 Å². The zero-order chi connectivity index (χ0) is 21.9. The van der Waals surface area contributed by atoms with Crippen LogP contribution in [0.5, 0.6) is 5.75 Å². The number of nitrogens with one attached hydrogen (secondary N) is 1. The average molecular weight is 464 g/mol. The van der Waals surface area contributed by atoms with Crippen LogP contribution in [-0.4, -0.2) is 35.7 Å². The van der Waals surface area contributed by atoms with Gasteiger partial charge in [0.25, 0.3) is 15.9 Å². The van der Waals surface area contributed by atoms with Crippen molar-refractivity contribution in [1.29, 1.82) is 0 Å². The van der Waals surface area contributed by atoms with Crippen LogP contribution in [0.2, 0.25) is 0 Å². The Bertz CT molecular complexity index is 1280. The molecule has 156 valence electrons. The number of sulfonamides is 1. The lowest BCUT2D eigenvalue weighted by molar-refractivity contribution is 0.0994. The molecule has 0 bridgehead atoms. The fraction of sp³-hybridized carbons (Fsp3) is 0.111. The summed E-state index contributed by atoms with van der Waals surface area (Å²) in [5.41, 5.74) is 6.72. The van der Waals surface area contributed by atoms with Gasteiger partial charge in [-0.05, 0) is 54.9 Å². The van der Waals surface area contributed by atoms with Gasteiger partial charge in [-0.3, -0.25) is 9.52 Å². The molecule has 1 heterocycles. The number of carbonyl (C=O) groups excluding carboxylic acids is 1. The summed E-state index contributed by atoms with van der Waals surface area (Å²) in [6, 6.07) is 13.3. The summed E-state index contributed by atoms with van der Waals surface area (Å²) in [5, 5.41) is 3.80. The van der Waals surface area contributed by atoms with Gasteiger partial charge in [0.15, 0.2) is 10.4 Å². The molecule has 0 saturated carbocycles. The highest BCUT2D eigenvalue weighted by Gasteiger charge is 2.18.